The zero-order valence-corrected chi connectivity index (χ0v) is 22.5. The third-order valence-corrected chi connectivity index (χ3v) is 6.92. The number of aromatic nitrogens is 1. The molecule has 10 nitrogen and oxygen atoms in total. The van der Waals surface area contributed by atoms with Gasteiger partial charge in [-0.2, -0.15) is 0 Å². The molecule has 38 heavy (non-hydrogen) atoms. The molecule has 3 heterocycles. The third kappa shape index (κ3) is 6.00. The van der Waals surface area contributed by atoms with Gasteiger partial charge in [0.1, 0.15) is 18.1 Å². The first-order valence-corrected chi connectivity index (χ1v) is 12.8. The molecule has 1 amide bonds. The molecule has 1 aromatic heterocycles. The predicted octanol–water partition coefficient (Wildman–Crippen LogP) is 3.57. The van der Waals surface area contributed by atoms with E-state index in [1.165, 1.54) is 11.8 Å². The second-order valence-corrected chi connectivity index (χ2v) is 9.28. The van der Waals surface area contributed by atoms with Gasteiger partial charge >= 0.3 is 5.97 Å². The molecule has 2 aliphatic rings. The highest BCUT2D eigenvalue weighted by Crippen LogP contribution is 2.47. The summed E-state index contributed by atoms with van der Waals surface area (Å²) in [7, 11) is 4.67. The summed E-state index contributed by atoms with van der Waals surface area (Å²) >= 11 is 1.40. The number of amides is 1. The number of fused-ring (bicyclic) bond motifs is 1. The lowest BCUT2D eigenvalue weighted by atomic mass is 9.93. The Bertz CT molecular complexity index is 1280. The molecule has 0 fully saturated rings. The van der Waals surface area contributed by atoms with Gasteiger partial charge in [0.25, 0.3) is 0 Å². The number of pyridine rings is 1. The number of hydrogen-bond donors (Lipinski definition) is 1. The number of aliphatic imine (C=N–C) groups is 1. The van der Waals surface area contributed by atoms with Crippen LogP contribution in [-0.2, 0) is 25.6 Å². The number of rotatable bonds is 11. The number of hydrogen-bond acceptors (Lipinski definition) is 10. The molecule has 1 N–H and O–H groups in total. The molecule has 0 saturated carbocycles. The lowest BCUT2D eigenvalue weighted by Crippen LogP contribution is -2.38. The van der Waals surface area contributed by atoms with Crippen molar-refractivity contribution >= 4 is 28.8 Å². The van der Waals surface area contributed by atoms with Crippen molar-refractivity contribution in [3.8, 4) is 11.5 Å². The number of ether oxygens (including phenoxy) is 4. The van der Waals surface area contributed by atoms with Crippen molar-refractivity contribution in [2.45, 2.75) is 25.9 Å². The van der Waals surface area contributed by atoms with Gasteiger partial charge in [0, 0.05) is 43.4 Å². The van der Waals surface area contributed by atoms with Crippen molar-refractivity contribution in [1.29, 1.82) is 0 Å². The van der Waals surface area contributed by atoms with Crippen LogP contribution in [-0.4, -0.2) is 61.5 Å². The number of esters is 1. The Balaban J connectivity index is 1.66. The Kier molecular flexibility index (Phi) is 9.03. The maximum absolute atomic E-state index is 13.4. The number of methoxy groups -OCH3 is 3. The number of nitrogens with one attached hydrogen (secondary N) is 1. The molecule has 0 radical (unpaired) electrons. The van der Waals surface area contributed by atoms with Crippen molar-refractivity contribution in [3.05, 3.63) is 76.2 Å². The Morgan fingerprint density at radius 3 is 2.68 bits per heavy atom. The number of benzene rings is 1. The lowest BCUT2D eigenvalue weighted by molar-refractivity contribution is -0.141. The van der Waals surface area contributed by atoms with Gasteiger partial charge in [0.05, 0.1) is 44.6 Å². The predicted molar refractivity (Wildman–Crippen MR) is 143 cm³/mol. The summed E-state index contributed by atoms with van der Waals surface area (Å²) in [5.74, 6) is 0.463. The molecule has 1 aromatic carbocycles. The van der Waals surface area contributed by atoms with Gasteiger partial charge in [0.2, 0.25) is 5.91 Å². The Morgan fingerprint density at radius 2 is 1.97 bits per heavy atom. The first kappa shape index (κ1) is 27.2. The minimum Gasteiger partial charge on any atom is -0.497 e. The zero-order valence-electron chi connectivity index (χ0n) is 21.7. The van der Waals surface area contributed by atoms with Gasteiger partial charge in [-0.3, -0.25) is 9.78 Å². The quantitative estimate of drug-likeness (QED) is 0.339. The minimum atomic E-state index is -0.634. The van der Waals surface area contributed by atoms with Crippen LogP contribution >= 0.6 is 11.8 Å². The monoisotopic (exact) mass is 538 g/mol. The van der Waals surface area contributed by atoms with Crippen LogP contribution < -0.4 is 14.8 Å². The number of thioether (sulfide) groups is 1. The van der Waals surface area contributed by atoms with Crippen molar-refractivity contribution in [1.82, 2.24) is 15.2 Å². The van der Waals surface area contributed by atoms with Crippen molar-refractivity contribution in [3.63, 3.8) is 0 Å². The van der Waals surface area contributed by atoms with Crippen molar-refractivity contribution in [2.24, 2.45) is 4.99 Å². The van der Waals surface area contributed by atoms with Crippen LogP contribution in [0.4, 0.5) is 0 Å². The number of carbonyl (C=O) groups excluding carboxylic acids is 2. The number of allylic oxidation sites excluding steroid dienone is 1. The zero-order chi connectivity index (χ0) is 27.1. The summed E-state index contributed by atoms with van der Waals surface area (Å²) < 4.78 is 21.6. The molecule has 2 aliphatic heterocycles. The van der Waals surface area contributed by atoms with E-state index in [-0.39, 0.29) is 25.5 Å². The van der Waals surface area contributed by atoms with Crippen LogP contribution in [0, 0.1) is 0 Å². The van der Waals surface area contributed by atoms with Gasteiger partial charge in [-0.25, -0.2) is 9.79 Å². The van der Waals surface area contributed by atoms with Crippen LogP contribution in [0.15, 0.2) is 70.1 Å². The van der Waals surface area contributed by atoms with E-state index in [1.807, 2.05) is 28.5 Å². The summed E-state index contributed by atoms with van der Waals surface area (Å²) in [6.45, 7) is 2.51. The second-order valence-electron chi connectivity index (χ2n) is 8.44. The number of carbonyl (C=O) groups is 2. The minimum absolute atomic E-state index is 0.0896. The van der Waals surface area contributed by atoms with E-state index in [0.29, 0.717) is 45.7 Å². The number of amidine groups is 1. The van der Waals surface area contributed by atoms with Crippen LogP contribution in [0.1, 0.15) is 30.5 Å². The summed E-state index contributed by atoms with van der Waals surface area (Å²) in [6, 6.07) is 8.50. The smallest absolute Gasteiger partial charge is 0.338 e. The van der Waals surface area contributed by atoms with E-state index in [0.717, 1.165) is 5.56 Å². The topological polar surface area (TPSA) is 112 Å². The molecule has 0 saturated heterocycles. The summed E-state index contributed by atoms with van der Waals surface area (Å²) in [5.41, 5.74) is 3.21. The maximum Gasteiger partial charge on any atom is 0.338 e. The first-order chi connectivity index (χ1) is 18.5. The van der Waals surface area contributed by atoms with E-state index < -0.39 is 12.0 Å². The molecule has 4 rings (SSSR count). The molecule has 0 unspecified atom stereocenters. The molecular weight excluding hydrogens is 508 g/mol. The van der Waals surface area contributed by atoms with Crippen LogP contribution in [0.5, 0.6) is 11.5 Å². The van der Waals surface area contributed by atoms with Gasteiger partial charge < -0.3 is 29.2 Å². The van der Waals surface area contributed by atoms with Crippen LogP contribution in [0.25, 0.3) is 0 Å². The molecular formula is C27H30N4O6S. The Labute approximate surface area is 225 Å². The van der Waals surface area contributed by atoms with E-state index in [2.05, 4.69) is 15.3 Å². The number of nitrogens with zero attached hydrogens (tertiary/aromatic N) is 3. The molecule has 2 aromatic rings. The Morgan fingerprint density at radius 1 is 1.13 bits per heavy atom. The highest BCUT2D eigenvalue weighted by atomic mass is 32.2. The molecule has 0 aliphatic carbocycles. The van der Waals surface area contributed by atoms with Gasteiger partial charge in [-0.15, -0.1) is 0 Å². The van der Waals surface area contributed by atoms with Crippen molar-refractivity contribution < 1.29 is 28.5 Å². The normalized spacial score (nSPS) is 16.4. The molecule has 200 valence electrons. The molecule has 0 bridgehead atoms. The van der Waals surface area contributed by atoms with E-state index in [1.54, 1.807) is 52.8 Å². The summed E-state index contributed by atoms with van der Waals surface area (Å²) in [5, 5.41) is 5.48. The molecule has 1 atom stereocenters. The van der Waals surface area contributed by atoms with E-state index in [4.69, 9.17) is 18.9 Å². The second kappa shape index (κ2) is 12.6. The fourth-order valence-corrected chi connectivity index (χ4v) is 5.16. The molecule has 11 heteroatoms. The summed E-state index contributed by atoms with van der Waals surface area (Å²) in [4.78, 5) is 37.0. The van der Waals surface area contributed by atoms with E-state index >= 15 is 0 Å². The first-order valence-electron chi connectivity index (χ1n) is 11.9. The van der Waals surface area contributed by atoms with Gasteiger partial charge in [-0.1, -0.05) is 17.8 Å². The standard InChI is InChI=1S/C27H30N4O6S/c1-17-24(26(33)37-11-10-34-2)25(21-8-7-20(35-3)13-22(21)36-4)31-19(16-38-27(31)30-17)12-23(32)29-15-18-6-5-9-28-14-18/h5-9,13-14,16,25H,10-12,15H2,1-4H3,(H,29,32)/t25-/m1/s1. The van der Waals surface area contributed by atoms with Gasteiger partial charge in [0.15, 0.2) is 5.17 Å². The van der Waals surface area contributed by atoms with Crippen LogP contribution in [0.2, 0.25) is 0 Å². The lowest BCUT2D eigenvalue weighted by Gasteiger charge is -2.36. The fourth-order valence-electron chi connectivity index (χ4n) is 4.20. The Hall–Kier alpha value is -3.83. The summed E-state index contributed by atoms with van der Waals surface area (Å²) in [6.07, 6.45) is 3.48. The van der Waals surface area contributed by atoms with Gasteiger partial charge in [-0.05, 0) is 36.1 Å². The van der Waals surface area contributed by atoms with Crippen molar-refractivity contribution in [2.75, 3.05) is 34.5 Å². The largest absolute Gasteiger partial charge is 0.497 e. The SMILES string of the molecule is COCCOC(=O)C1=C(C)N=C2SC=C(CC(=O)NCc3cccnc3)N2[C@@H]1c1ccc(OC)cc1OC. The third-order valence-electron chi connectivity index (χ3n) is 6.03. The fraction of sp³-hybridized carbons (Fsp3) is 0.333. The highest BCUT2D eigenvalue weighted by molar-refractivity contribution is 8.16. The van der Waals surface area contributed by atoms with Crippen LogP contribution in [0.3, 0.4) is 0 Å². The molecule has 0 spiro atoms. The average molecular weight is 539 g/mol. The maximum atomic E-state index is 13.4. The van der Waals surface area contributed by atoms with E-state index in [9.17, 15) is 9.59 Å². The average Bonchev–Trinajstić information content (AvgIpc) is 3.33. The highest BCUT2D eigenvalue weighted by Gasteiger charge is 2.42.